The maximum absolute atomic E-state index is 13.8. The zero-order valence-electron chi connectivity index (χ0n) is 21.2. The third kappa shape index (κ3) is 7.45. The first kappa shape index (κ1) is 28.3. The Balaban J connectivity index is 1.46. The number of para-hydroxylation sites is 2. The number of amides is 2. The van der Waals surface area contributed by atoms with Gasteiger partial charge in [0.15, 0.2) is 6.10 Å². The number of aromatic nitrogens is 2. The molecule has 0 bridgehead atoms. The summed E-state index contributed by atoms with van der Waals surface area (Å²) in [7, 11) is 0. The first-order chi connectivity index (χ1) is 18.6. The number of carbonyl (C=O) groups is 2. The van der Waals surface area contributed by atoms with Crippen LogP contribution in [0.3, 0.4) is 0 Å². The monoisotopic (exact) mass is 548 g/mol. The van der Waals surface area contributed by atoms with E-state index in [4.69, 9.17) is 4.74 Å². The zero-order valence-corrected chi connectivity index (χ0v) is 21.2. The van der Waals surface area contributed by atoms with Crippen LogP contribution in [0.2, 0.25) is 0 Å². The van der Waals surface area contributed by atoms with E-state index in [0.29, 0.717) is 25.6 Å². The average molecular weight is 549 g/mol. The Morgan fingerprint density at radius 2 is 1.95 bits per heavy atom. The number of carbonyl (C=O) groups excluding carboxylic acids is 2. The minimum atomic E-state index is -4.74. The summed E-state index contributed by atoms with van der Waals surface area (Å²) in [5.41, 5.74) is -0.659. The van der Waals surface area contributed by atoms with E-state index in [0.717, 1.165) is 25.3 Å². The Morgan fingerprint density at radius 3 is 2.62 bits per heavy atom. The second kappa shape index (κ2) is 12.4. The SMILES string of the molecule is C=CC(=O)Nc1ccccc1Nc1nc(N[C@H]2CCCN(C(=O)[C@H](O)COC3CCC3)C2)ncc1C(F)(F)F. The standard InChI is InChI=1S/C26H31F3N6O4/c1-2-22(37)32-19-10-3-4-11-20(19)33-23-18(26(27,28)29)13-30-25(34-23)31-16-7-6-12-35(14-16)24(38)21(36)15-39-17-8-5-9-17/h2-4,10-11,13,16-17,21,36H,1,5-9,12,14-15H2,(H,32,37)(H2,30,31,33,34)/t16-,21+/m0/s1. The zero-order chi connectivity index (χ0) is 28.0. The van der Waals surface area contributed by atoms with Crippen LogP contribution < -0.4 is 16.0 Å². The van der Waals surface area contributed by atoms with Gasteiger partial charge in [-0.2, -0.15) is 18.2 Å². The van der Waals surface area contributed by atoms with Crippen molar-refractivity contribution in [2.75, 3.05) is 35.6 Å². The molecule has 210 valence electrons. The summed E-state index contributed by atoms with van der Waals surface area (Å²) in [6.45, 7) is 3.99. The third-order valence-corrected chi connectivity index (χ3v) is 6.61. The molecule has 4 N–H and O–H groups in total. The van der Waals surface area contributed by atoms with Crippen molar-refractivity contribution in [3.63, 3.8) is 0 Å². The maximum atomic E-state index is 13.8. The minimum absolute atomic E-state index is 0.0636. The van der Waals surface area contributed by atoms with E-state index in [1.165, 1.54) is 17.0 Å². The molecule has 0 radical (unpaired) electrons. The Bertz CT molecular complexity index is 1190. The minimum Gasteiger partial charge on any atom is -0.381 e. The van der Waals surface area contributed by atoms with Crippen LogP contribution in [0.4, 0.5) is 36.3 Å². The number of hydrogen-bond acceptors (Lipinski definition) is 8. The molecule has 2 aliphatic rings. The van der Waals surface area contributed by atoms with Gasteiger partial charge < -0.3 is 30.7 Å². The van der Waals surface area contributed by atoms with Crippen LogP contribution in [-0.2, 0) is 20.5 Å². The molecule has 0 unspecified atom stereocenters. The number of halogens is 3. The van der Waals surface area contributed by atoms with E-state index in [2.05, 4.69) is 32.5 Å². The molecule has 4 rings (SSSR count). The number of alkyl halides is 3. The van der Waals surface area contributed by atoms with Gasteiger partial charge in [-0.25, -0.2) is 4.98 Å². The predicted molar refractivity (Wildman–Crippen MR) is 138 cm³/mol. The van der Waals surface area contributed by atoms with Crippen molar-refractivity contribution >= 4 is 35.0 Å². The first-order valence-electron chi connectivity index (χ1n) is 12.7. The van der Waals surface area contributed by atoms with Crippen LogP contribution in [0.5, 0.6) is 0 Å². The number of nitrogens with zero attached hydrogens (tertiary/aromatic N) is 3. The van der Waals surface area contributed by atoms with Gasteiger partial charge in [0.05, 0.1) is 24.1 Å². The largest absolute Gasteiger partial charge is 0.421 e. The lowest BCUT2D eigenvalue weighted by molar-refractivity contribution is -0.147. The van der Waals surface area contributed by atoms with Crippen molar-refractivity contribution in [3.8, 4) is 0 Å². The lowest BCUT2D eigenvalue weighted by Gasteiger charge is -2.35. The number of ether oxygens (including phenoxy) is 1. The fourth-order valence-corrected chi connectivity index (χ4v) is 4.29. The number of hydrogen-bond donors (Lipinski definition) is 4. The van der Waals surface area contributed by atoms with E-state index in [1.54, 1.807) is 12.1 Å². The normalized spacial score (nSPS) is 18.6. The molecule has 1 aromatic carbocycles. The van der Waals surface area contributed by atoms with Gasteiger partial charge in [0, 0.05) is 25.3 Å². The molecule has 2 amide bonds. The van der Waals surface area contributed by atoms with Gasteiger partial charge in [-0.05, 0) is 50.3 Å². The Labute approximate surface area is 223 Å². The van der Waals surface area contributed by atoms with Gasteiger partial charge in [-0.15, -0.1) is 0 Å². The van der Waals surface area contributed by atoms with Gasteiger partial charge in [0.1, 0.15) is 11.4 Å². The highest BCUT2D eigenvalue weighted by atomic mass is 19.4. The number of aliphatic hydroxyl groups is 1. The maximum Gasteiger partial charge on any atom is 0.421 e. The lowest BCUT2D eigenvalue weighted by atomic mass is 9.96. The van der Waals surface area contributed by atoms with Gasteiger partial charge in [0.2, 0.25) is 11.9 Å². The second-order valence-corrected chi connectivity index (χ2v) is 9.49. The fraction of sp³-hybridized carbons (Fsp3) is 0.462. The number of benzene rings is 1. The number of piperidine rings is 1. The number of rotatable bonds is 10. The first-order valence-corrected chi connectivity index (χ1v) is 12.7. The number of anilines is 4. The molecule has 1 saturated carbocycles. The van der Waals surface area contributed by atoms with Crippen LogP contribution in [0.25, 0.3) is 0 Å². The Kier molecular flexibility index (Phi) is 9.02. The Hall–Kier alpha value is -3.71. The van der Waals surface area contributed by atoms with Crippen LogP contribution in [0.1, 0.15) is 37.7 Å². The summed E-state index contributed by atoms with van der Waals surface area (Å²) in [4.78, 5) is 33.9. The summed E-state index contributed by atoms with van der Waals surface area (Å²) >= 11 is 0. The molecular weight excluding hydrogens is 517 g/mol. The van der Waals surface area contributed by atoms with E-state index in [1.807, 2.05) is 0 Å². The smallest absolute Gasteiger partial charge is 0.381 e. The third-order valence-electron chi connectivity index (χ3n) is 6.61. The van der Waals surface area contributed by atoms with E-state index in [-0.39, 0.29) is 42.6 Å². The highest BCUT2D eigenvalue weighted by Gasteiger charge is 2.36. The molecule has 1 aliphatic heterocycles. The highest BCUT2D eigenvalue weighted by Crippen LogP contribution is 2.36. The highest BCUT2D eigenvalue weighted by molar-refractivity contribution is 6.01. The van der Waals surface area contributed by atoms with Crippen LogP contribution >= 0.6 is 0 Å². The van der Waals surface area contributed by atoms with Crippen molar-refractivity contribution in [2.24, 2.45) is 0 Å². The number of likely N-dealkylation sites (tertiary alicyclic amines) is 1. The average Bonchev–Trinajstić information content (AvgIpc) is 2.88. The summed E-state index contributed by atoms with van der Waals surface area (Å²) in [6.07, 6.45) is -0.0206. The molecule has 2 heterocycles. The summed E-state index contributed by atoms with van der Waals surface area (Å²) in [5, 5.41) is 18.5. The molecule has 2 fully saturated rings. The van der Waals surface area contributed by atoms with Crippen molar-refractivity contribution in [2.45, 2.75) is 56.5 Å². The van der Waals surface area contributed by atoms with Crippen molar-refractivity contribution in [3.05, 3.63) is 48.7 Å². The molecule has 1 saturated heterocycles. The summed E-state index contributed by atoms with van der Waals surface area (Å²) in [5.74, 6) is -1.55. The van der Waals surface area contributed by atoms with Crippen molar-refractivity contribution < 1.29 is 32.6 Å². The van der Waals surface area contributed by atoms with Gasteiger partial charge in [0.25, 0.3) is 5.91 Å². The molecule has 0 spiro atoms. The van der Waals surface area contributed by atoms with Gasteiger partial charge in [-0.1, -0.05) is 18.7 Å². The van der Waals surface area contributed by atoms with Gasteiger partial charge >= 0.3 is 6.18 Å². The van der Waals surface area contributed by atoms with Crippen LogP contribution in [0, 0.1) is 0 Å². The number of nitrogens with one attached hydrogen (secondary N) is 3. The van der Waals surface area contributed by atoms with Gasteiger partial charge in [-0.3, -0.25) is 9.59 Å². The van der Waals surface area contributed by atoms with Crippen molar-refractivity contribution in [1.82, 2.24) is 14.9 Å². The molecule has 2 atom stereocenters. The molecular formula is C26H31F3N6O4. The van der Waals surface area contributed by atoms with Crippen LogP contribution in [0.15, 0.2) is 43.1 Å². The molecule has 39 heavy (non-hydrogen) atoms. The van der Waals surface area contributed by atoms with Crippen LogP contribution in [-0.4, -0.2) is 69.7 Å². The predicted octanol–water partition coefficient (Wildman–Crippen LogP) is 3.70. The second-order valence-electron chi connectivity index (χ2n) is 9.49. The topological polar surface area (TPSA) is 129 Å². The lowest BCUT2D eigenvalue weighted by Crippen LogP contribution is -2.50. The molecule has 1 aromatic heterocycles. The summed E-state index contributed by atoms with van der Waals surface area (Å²) in [6, 6.07) is 5.90. The summed E-state index contributed by atoms with van der Waals surface area (Å²) < 4.78 is 46.8. The van der Waals surface area contributed by atoms with E-state index >= 15 is 0 Å². The Morgan fingerprint density at radius 1 is 1.21 bits per heavy atom. The molecule has 13 heteroatoms. The van der Waals surface area contributed by atoms with Crippen molar-refractivity contribution in [1.29, 1.82) is 0 Å². The molecule has 2 aromatic rings. The fourth-order valence-electron chi connectivity index (χ4n) is 4.29. The van der Waals surface area contributed by atoms with E-state index in [9.17, 15) is 27.9 Å². The number of aliphatic hydroxyl groups excluding tert-OH is 1. The molecule has 1 aliphatic carbocycles. The molecule has 10 nitrogen and oxygen atoms in total. The quantitative estimate of drug-likeness (QED) is 0.331. The van der Waals surface area contributed by atoms with E-state index < -0.39 is 35.5 Å².